The van der Waals surface area contributed by atoms with Crippen molar-refractivity contribution in [1.82, 2.24) is 9.55 Å². The van der Waals surface area contributed by atoms with Gasteiger partial charge in [-0.3, -0.25) is 14.7 Å². The number of nitro benzene ring substituents is 1. The molecule has 0 bridgehead atoms. The standard InChI is InChI=1S/C12H13N3O3/c1-8(16)10-3-4-11(12(7-10)15(17)18)14-6-5-13-9(14)2/h3-8,16H,1-2H3. The largest absolute Gasteiger partial charge is 0.389 e. The molecule has 0 amide bonds. The number of rotatable bonds is 3. The van der Waals surface area contributed by atoms with Crippen LogP contribution >= 0.6 is 0 Å². The topological polar surface area (TPSA) is 81.2 Å². The minimum Gasteiger partial charge on any atom is -0.389 e. The van der Waals surface area contributed by atoms with Gasteiger partial charge >= 0.3 is 0 Å². The first-order chi connectivity index (χ1) is 8.50. The van der Waals surface area contributed by atoms with Crippen LogP contribution in [0.25, 0.3) is 5.69 Å². The lowest BCUT2D eigenvalue weighted by Gasteiger charge is -2.09. The van der Waals surface area contributed by atoms with Crippen molar-refractivity contribution >= 4 is 5.69 Å². The molecule has 1 unspecified atom stereocenters. The summed E-state index contributed by atoms with van der Waals surface area (Å²) < 4.78 is 1.64. The van der Waals surface area contributed by atoms with Crippen LogP contribution in [0.3, 0.4) is 0 Å². The zero-order valence-corrected chi connectivity index (χ0v) is 10.1. The van der Waals surface area contributed by atoms with Crippen LogP contribution in [0.1, 0.15) is 24.4 Å². The second-order valence-corrected chi connectivity index (χ2v) is 4.03. The van der Waals surface area contributed by atoms with Crippen molar-refractivity contribution < 1.29 is 10.0 Å². The predicted molar refractivity (Wildman–Crippen MR) is 65.6 cm³/mol. The number of imidazole rings is 1. The number of nitrogens with zero attached hydrogens (tertiary/aromatic N) is 3. The number of hydrogen-bond acceptors (Lipinski definition) is 4. The van der Waals surface area contributed by atoms with Gasteiger partial charge in [0.15, 0.2) is 0 Å². The average Bonchev–Trinajstić information content (AvgIpc) is 2.74. The monoisotopic (exact) mass is 247 g/mol. The third kappa shape index (κ3) is 2.10. The molecule has 0 aliphatic rings. The first-order valence-corrected chi connectivity index (χ1v) is 5.47. The molecule has 1 heterocycles. The molecule has 0 aliphatic heterocycles. The maximum absolute atomic E-state index is 11.1. The van der Waals surface area contributed by atoms with Crippen molar-refractivity contribution in [3.8, 4) is 5.69 Å². The number of aromatic nitrogens is 2. The van der Waals surface area contributed by atoms with E-state index >= 15 is 0 Å². The summed E-state index contributed by atoms with van der Waals surface area (Å²) in [6.45, 7) is 3.34. The normalized spacial score (nSPS) is 12.4. The fourth-order valence-corrected chi connectivity index (χ4v) is 1.78. The molecular weight excluding hydrogens is 234 g/mol. The summed E-state index contributed by atoms with van der Waals surface area (Å²) >= 11 is 0. The van der Waals surface area contributed by atoms with Crippen molar-refractivity contribution in [3.63, 3.8) is 0 Å². The Bertz CT molecular complexity index is 590. The maximum atomic E-state index is 11.1. The van der Waals surface area contributed by atoms with Gasteiger partial charge < -0.3 is 5.11 Å². The van der Waals surface area contributed by atoms with Crippen LogP contribution < -0.4 is 0 Å². The Balaban J connectivity index is 2.61. The molecular formula is C12H13N3O3. The van der Waals surface area contributed by atoms with Gasteiger partial charge in [0.2, 0.25) is 0 Å². The van der Waals surface area contributed by atoms with Gasteiger partial charge in [0, 0.05) is 18.5 Å². The fourth-order valence-electron chi connectivity index (χ4n) is 1.78. The summed E-state index contributed by atoms with van der Waals surface area (Å²) in [4.78, 5) is 14.7. The summed E-state index contributed by atoms with van der Waals surface area (Å²) in [7, 11) is 0. The van der Waals surface area contributed by atoms with Gasteiger partial charge in [-0.15, -0.1) is 0 Å². The summed E-state index contributed by atoms with van der Waals surface area (Å²) in [5, 5.41) is 20.6. The summed E-state index contributed by atoms with van der Waals surface area (Å²) in [5.74, 6) is 0.669. The molecule has 0 saturated carbocycles. The highest BCUT2D eigenvalue weighted by Crippen LogP contribution is 2.27. The zero-order chi connectivity index (χ0) is 13.3. The van der Waals surface area contributed by atoms with Crippen LogP contribution in [0.2, 0.25) is 0 Å². The van der Waals surface area contributed by atoms with Gasteiger partial charge in [0.1, 0.15) is 11.5 Å². The van der Waals surface area contributed by atoms with Crippen molar-refractivity contribution in [2.24, 2.45) is 0 Å². The second-order valence-electron chi connectivity index (χ2n) is 4.03. The number of nitro groups is 1. The molecule has 1 aromatic heterocycles. The highest BCUT2D eigenvalue weighted by Gasteiger charge is 2.18. The van der Waals surface area contributed by atoms with Gasteiger partial charge in [-0.2, -0.15) is 0 Å². The lowest BCUT2D eigenvalue weighted by atomic mass is 10.1. The first-order valence-electron chi connectivity index (χ1n) is 5.47. The van der Waals surface area contributed by atoms with Crippen LogP contribution in [-0.4, -0.2) is 19.6 Å². The van der Waals surface area contributed by atoms with E-state index in [-0.39, 0.29) is 5.69 Å². The Morgan fingerprint density at radius 3 is 2.72 bits per heavy atom. The van der Waals surface area contributed by atoms with Crippen LogP contribution in [-0.2, 0) is 0 Å². The second kappa shape index (κ2) is 4.58. The van der Waals surface area contributed by atoms with Gasteiger partial charge in [-0.05, 0) is 25.5 Å². The van der Waals surface area contributed by atoms with Gasteiger partial charge in [0.05, 0.1) is 11.0 Å². The molecule has 0 radical (unpaired) electrons. The van der Waals surface area contributed by atoms with Crippen molar-refractivity contribution in [3.05, 3.63) is 52.1 Å². The molecule has 1 atom stereocenters. The van der Waals surface area contributed by atoms with E-state index in [0.29, 0.717) is 17.1 Å². The fraction of sp³-hybridized carbons (Fsp3) is 0.250. The number of aliphatic hydroxyl groups excluding tert-OH is 1. The number of aliphatic hydroxyl groups is 1. The molecule has 0 aliphatic carbocycles. The Morgan fingerprint density at radius 2 is 2.22 bits per heavy atom. The number of hydrogen-bond donors (Lipinski definition) is 1. The molecule has 0 fully saturated rings. The predicted octanol–water partition coefficient (Wildman–Crippen LogP) is 2.14. The molecule has 6 nitrogen and oxygen atoms in total. The Kier molecular flexibility index (Phi) is 3.12. The van der Waals surface area contributed by atoms with Crippen LogP contribution in [0.4, 0.5) is 5.69 Å². The van der Waals surface area contributed by atoms with Gasteiger partial charge in [0.25, 0.3) is 5.69 Å². The lowest BCUT2D eigenvalue weighted by Crippen LogP contribution is -2.03. The van der Waals surface area contributed by atoms with E-state index in [1.807, 2.05) is 0 Å². The van der Waals surface area contributed by atoms with Gasteiger partial charge in [-0.25, -0.2) is 4.98 Å². The number of aryl methyl sites for hydroxylation is 1. The summed E-state index contributed by atoms with van der Waals surface area (Å²) in [6, 6.07) is 4.68. The van der Waals surface area contributed by atoms with Crippen LogP contribution in [0, 0.1) is 17.0 Å². The molecule has 94 valence electrons. The molecule has 0 saturated heterocycles. The van der Waals surface area contributed by atoms with Crippen molar-refractivity contribution in [2.45, 2.75) is 20.0 Å². The van der Waals surface area contributed by atoms with E-state index in [1.165, 1.54) is 6.07 Å². The van der Waals surface area contributed by atoms with E-state index in [0.717, 1.165) is 0 Å². The SMILES string of the molecule is Cc1nccn1-c1ccc(C(C)O)cc1[N+](=O)[O-]. The van der Waals surface area contributed by atoms with E-state index in [9.17, 15) is 15.2 Å². The molecule has 2 rings (SSSR count). The third-order valence-corrected chi connectivity index (χ3v) is 2.76. The van der Waals surface area contributed by atoms with E-state index in [2.05, 4.69) is 4.98 Å². The Hall–Kier alpha value is -2.21. The molecule has 1 aromatic carbocycles. The molecule has 0 spiro atoms. The highest BCUT2D eigenvalue weighted by molar-refractivity contribution is 5.55. The van der Waals surface area contributed by atoms with E-state index in [1.54, 1.807) is 42.9 Å². The third-order valence-electron chi connectivity index (χ3n) is 2.76. The smallest absolute Gasteiger partial charge is 0.293 e. The van der Waals surface area contributed by atoms with E-state index < -0.39 is 11.0 Å². The molecule has 18 heavy (non-hydrogen) atoms. The maximum Gasteiger partial charge on any atom is 0.293 e. The molecule has 2 aromatic rings. The minimum atomic E-state index is -0.735. The highest BCUT2D eigenvalue weighted by atomic mass is 16.6. The molecule has 6 heteroatoms. The van der Waals surface area contributed by atoms with E-state index in [4.69, 9.17) is 0 Å². The summed E-state index contributed by atoms with van der Waals surface area (Å²) in [6.07, 6.45) is 2.52. The minimum absolute atomic E-state index is 0.0468. The first kappa shape index (κ1) is 12.3. The Morgan fingerprint density at radius 1 is 1.50 bits per heavy atom. The number of benzene rings is 1. The molecule has 1 N–H and O–H groups in total. The lowest BCUT2D eigenvalue weighted by molar-refractivity contribution is -0.384. The van der Waals surface area contributed by atoms with Crippen molar-refractivity contribution in [1.29, 1.82) is 0 Å². The average molecular weight is 247 g/mol. The zero-order valence-electron chi connectivity index (χ0n) is 10.1. The van der Waals surface area contributed by atoms with Crippen LogP contribution in [0.15, 0.2) is 30.6 Å². The van der Waals surface area contributed by atoms with Gasteiger partial charge in [-0.1, -0.05) is 6.07 Å². The summed E-state index contributed by atoms with van der Waals surface area (Å²) in [5.41, 5.74) is 0.914. The van der Waals surface area contributed by atoms with Crippen LogP contribution in [0.5, 0.6) is 0 Å². The Labute approximate surface area is 104 Å². The quantitative estimate of drug-likeness (QED) is 0.665. The van der Waals surface area contributed by atoms with Crippen molar-refractivity contribution in [2.75, 3.05) is 0 Å².